The highest BCUT2D eigenvalue weighted by Gasteiger charge is 2.30. The lowest BCUT2D eigenvalue weighted by Crippen LogP contribution is -2.05. The van der Waals surface area contributed by atoms with Gasteiger partial charge in [0.2, 0.25) is 0 Å². The summed E-state index contributed by atoms with van der Waals surface area (Å²) in [5.41, 5.74) is 0. The Bertz CT molecular complexity index is 151. The molecular formula is C8H12O2. The topological polar surface area (TPSA) is 26.3 Å². The van der Waals surface area contributed by atoms with Crippen LogP contribution in [0.15, 0.2) is 12.7 Å². The molecule has 1 aliphatic heterocycles. The summed E-state index contributed by atoms with van der Waals surface area (Å²) >= 11 is 0. The molecule has 1 fully saturated rings. The average molecular weight is 140 g/mol. The van der Waals surface area contributed by atoms with Gasteiger partial charge in [0, 0.05) is 0 Å². The predicted octanol–water partition coefficient (Wildman–Crippen LogP) is 1.51. The Kier molecular flexibility index (Phi) is 2.10. The molecule has 1 rings (SSSR count). The summed E-state index contributed by atoms with van der Waals surface area (Å²) in [6.45, 7) is 5.49. The third-order valence-electron chi connectivity index (χ3n) is 1.72. The highest BCUT2D eigenvalue weighted by molar-refractivity contribution is 5.74. The van der Waals surface area contributed by atoms with E-state index in [1.807, 2.05) is 6.92 Å². The molecule has 0 N–H and O–H groups in total. The molecule has 1 saturated heterocycles. The summed E-state index contributed by atoms with van der Waals surface area (Å²) in [5.74, 6) is 0.0138. The Morgan fingerprint density at radius 2 is 2.60 bits per heavy atom. The molecule has 2 atom stereocenters. The van der Waals surface area contributed by atoms with Gasteiger partial charge >= 0.3 is 5.97 Å². The number of ether oxygens (including phenoxy) is 1. The van der Waals surface area contributed by atoms with E-state index in [-0.39, 0.29) is 18.0 Å². The fraction of sp³-hybridized carbons (Fsp3) is 0.625. The van der Waals surface area contributed by atoms with Crippen LogP contribution < -0.4 is 0 Å². The number of carbonyl (C=O) groups excluding carboxylic acids is 1. The van der Waals surface area contributed by atoms with Crippen LogP contribution in [0.1, 0.15) is 19.8 Å². The first kappa shape index (κ1) is 7.32. The zero-order valence-electron chi connectivity index (χ0n) is 6.17. The smallest absolute Gasteiger partial charge is 0.309 e. The minimum Gasteiger partial charge on any atom is -0.462 e. The summed E-state index contributed by atoms with van der Waals surface area (Å²) in [7, 11) is 0. The van der Waals surface area contributed by atoms with E-state index in [0.29, 0.717) is 0 Å². The molecule has 0 aromatic rings. The van der Waals surface area contributed by atoms with Crippen molar-refractivity contribution in [2.24, 2.45) is 5.92 Å². The van der Waals surface area contributed by atoms with Gasteiger partial charge in [-0.05, 0) is 19.8 Å². The van der Waals surface area contributed by atoms with Crippen molar-refractivity contribution in [3.63, 3.8) is 0 Å². The zero-order valence-corrected chi connectivity index (χ0v) is 6.17. The van der Waals surface area contributed by atoms with Crippen LogP contribution >= 0.6 is 0 Å². The van der Waals surface area contributed by atoms with E-state index in [9.17, 15) is 4.79 Å². The van der Waals surface area contributed by atoms with Crippen molar-refractivity contribution < 1.29 is 9.53 Å². The maximum atomic E-state index is 10.9. The summed E-state index contributed by atoms with van der Waals surface area (Å²) in [6.07, 6.45) is 3.48. The molecule has 2 nitrogen and oxygen atoms in total. The summed E-state index contributed by atoms with van der Waals surface area (Å²) < 4.78 is 4.94. The lowest BCUT2D eigenvalue weighted by molar-refractivity contribution is -0.143. The molecule has 1 aliphatic rings. The van der Waals surface area contributed by atoms with Crippen LogP contribution in [0.5, 0.6) is 0 Å². The molecular weight excluding hydrogens is 128 g/mol. The summed E-state index contributed by atoms with van der Waals surface area (Å²) in [6, 6.07) is 0. The molecule has 0 aromatic heterocycles. The molecule has 0 amide bonds. The number of cyclic esters (lactones) is 1. The lowest BCUT2D eigenvalue weighted by atomic mass is 10.0. The van der Waals surface area contributed by atoms with Crippen molar-refractivity contribution in [3.05, 3.63) is 12.7 Å². The highest BCUT2D eigenvalue weighted by atomic mass is 16.5. The van der Waals surface area contributed by atoms with Gasteiger partial charge in [-0.2, -0.15) is 0 Å². The van der Waals surface area contributed by atoms with Crippen molar-refractivity contribution >= 4 is 5.97 Å². The van der Waals surface area contributed by atoms with Gasteiger partial charge in [0.15, 0.2) is 0 Å². The predicted molar refractivity (Wildman–Crippen MR) is 38.5 cm³/mol. The van der Waals surface area contributed by atoms with Crippen LogP contribution in [0.3, 0.4) is 0 Å². The van der Waals surface area contributed by atoms with Crippen molar-refractivity contribution in [2.45, 2.75) is 25.9 Å². The molecule has 2 heteroatoms. The van der Waals surface area contributed by atoms with Crippen molar-refractivity contribution in [1.29, 1.82) is 0 Å². The molecule has 0 aliphatic carbocycles. The molecule has 10 heavy (non-hydrogen) atoms. The summed E-state index contributed by atoms with van der Waals surface area (Å²) in [5, 5.41) is 0. The molecule has 0 spiro atoms. The van der Waals surface area contributed by atoms with Crippen molar-refractivity contribution in [2.75, 3.05) is 0 Å². The number of carbonyl (C=O) groups is 1. The highest BCUT2D eigenvalue weighted by Crippen LogP contribution is 2.23. The maximum absolute atomic E-state index is 10.9. The maximum Gasteiger partial charge on any atom is 0.309 e. The summed E-state index contributed by atoms with van der Waals surface area (Å²) in [4.78, 5) is 10.9. The van der Waals surface area contributed by atoms with Crippen LogP contribution in [0.2, 0.25) is 0 Å². The molecule has 56 valence electrons. The fourth-order valence-electron chi connectivity index (χ4n) is 1.23. The second-order valence-corrected chi connectivity index (χ2v) is 2.70. The zero-order chi connectivity index (χ0) is 7.56. The van der Waals surface area contributed by atoms with Crippen LogP contribution in [0, 0.1) is 5.92 Å². The second-order valence-electron chi connectivity index (χ2n) is 2.70. The second kappa shape index (κ2) is 2.86. The Morgan fingerprint density at radius 1 is 1.90 bits per heavy atom. The van der Waals surface area contributed by atoms with Crippen LogP contribution in [0.25, 0.3) is 0 Å². The molecule has 0 saturated carbocycles. The quantitative estimate of drug-likeness (QED) is 0.429. The Hall–Kier alpha value is -0.790. The van der Waals surface area contributed by atoms with Gasteiger partial charge < -0.3 is 4.74 Å². The molecule has 0 radical (unpaired) electrons. The Labute approximate surface area is 60.9 Å². The van der Waals surface area contributed by atoms with Crippen molar-refractivity contribution in [3.8, 4) is 0 Å². The molecule has 0 bridgehead atoms. The van der Waals surface area contributed by atoms with Gasteiger partial charge in [0.1, 0.15) is 0 Å². The van der Waals surface area contributed by atoms with E-state index >= 15 is 0 Å². The first-order chi connectivity index (χ1) is 4.74. The normalized spacial score (nSPS) is 31.9. The van der Waals surface area contributed by atoms with E-state index in [4.69, 9.17) is 4.74 Å². The first-order valence-corrected chi connectivity index (χ1v) is 3.55. The first-order valence-electron chi connectivity index (χ1n) is 3.55. The van der Waals surface area contributed by atoms with E-state index < -0.39 is 0 Å². The minimum atomic E-state index is -0.0626. The van der Waals surface area contributed by atoms with Gasteiger partial charge in [-0.15, -0.1) is 6.58 Å². The number of hydrogen-bond acceptors (Lipinski definition) is 2. The third-order valence-corrected chi connectivity index (χ3v) is 1.72. The molecule has 0 aromatic carbocycles. The van der Waals surface area contributed by atoms with Gasteiger partial charge in [-0.25, -0.2) is 0 Å². The number of allylic oxidation sites excluding steroid dienone is 1. The Morgan fingerprint density at radius 3 is 3.00 bits per heavy atom. The van der Waals surface area contributed by atoms with Gasteiger partial charge in [0.05, 0.1) is 12.0 Å². The number of rotatable bonds is 2. The number of esters is 1. The van der Waals surface area contributed by atoms with E-state index in [2.05, 4.69) is 6.58 Å². The molecule has 1 unspecified atom stereocenters. The van der Waals surface area contributed by atoms with Gasteiger partial charge in [0.25, 0.3) is 0 Å². The largest absolute Gasteiger partial charge is 0.462 e. The van der Waals surface area contributed by atoms with Crippen LogP contribution in [-0.2, 0) is 9.53 Å². The Balaban J connectivity index is 2.46. The fourth-order valence-corrected chi connectivity index (χ4v) is 1.23. The van der Waals surface area contributed by atoms with Crippen LogP contribution in [0.4, 0.5) is 0 Å². The standard InChI is InChI=1S/C8H12O2/c1-3-4-7-5-6(2)10-8(7)9/h3,6-7H,1,4-5H2,2H3/t6-,7?/m1/s1. The third kappa shape index (κ3) is 1.38. The van der Waals surface area contributed by atoms with E-state index in [1.54, 1.807) is 6.08 Å². The monoisotopic (exact) mass is 140 g/mol. The lowest BCUT2D eigenvalue weighted by Gasteiger charge is -1.96. The number of hydrogen-bond donors (Lipinski definition) is 0. The SMILES string of the molecule is C=CCC1C[C@@H](C)OC1=O. The minimum absolute atomic E-state index is 0.0626. The van der Waals surface area contributed by atoms with Gasteiger partial charge in [-0.3, -0.25) is 4.79 Å². The molecule has 1 heterocycles. The van der Waals surface area contributed by atoms with E-state index in [1.165, 1.54) is 0 Å². The van der Waals surface area contributed by atoms with Crippen molar-refractivity contribution in [1.82, 2.24) is 0 Å². The average Bonchev–Trinajstić information content (AvgIpc) is 2.13. The van der Waals surface area contributed by atoms with Gasteiger partial charge in [-0.1, -0.05) is 6.08 Å². The van der Waals surface area contributed by atoms with E-state index in [0.717, 1.165) is 12.8 Å². The van der Waals surface area contributed by atoms with Crippen LogP contribution in [-0.4, -0.2) is 12.1 Å².